The summed E-state index contributed by atoms with van der Waals surface area (Å²) in [5, 5.41) is 0. The summed E-state index contributed by atoms with van der Waals surface area (Å²) in [7, 11) is 0. The van der Waals surface area contributed by atoms with E-state index in [-0.39, 0.29) is 0 Å². The van der Waals surface area contributed by atoms with E-state index in [1.165, 1.54) is 5.69 Å². The van der Waals surface area contributed by atoms with Crippen molar-refractivity contribution in [3.05, 3.63) is 24.4 Å². The fourth-order valence-corrected chi connectivity index (χ4v) is 1.34. The van der Waals surface area contributed by atoms with E-state index in [2.05, 4.69) is 34.5 Å². The molecule has 0 fully saturated rings. The molecule has 0 radical (unpaired) electrons. The molecule has 0 atom stereocenters. The lowest BCUT2D eigenvalue weighted by atomic mass is 10.3. The molecule has 1 aromatic heterocycles. The lowest BCUT2D eigenvalue weighted by Gasteiger charge is -2.27. The third-order valence-corrected chi connectivity index (χ3v) is 2.17. The van der Waals surface area contributed by atoms with Crippen LogP contribution >= 0.6 is 0 Å². The monoisotopic (exact) mass is 163 g/mol. The second-order valence-corrected chi connectivity index (χ2v) is 3.36. The Bertz CT molecular complexity index is 298. The first-order chi connectivity index (χ1) is 5.77. The van der Waals surface area contributed by atoms with Gasteiger partial charge in [0.05, 0.1) is 24.8 Å². The topological polar surface area (TPSA) is 21.1 Å². The van der Waals surface area contributed by atoms with Crippen molar-refractivity contribution in [2.45, 2.75) is 26.4 Å². The molecule has 3 heteroatoms. The lowest BCUT2D eigenvalue weighted by Crippen LogP contribution is -2.27. The molecule has 0 saturated heterocycles. The molecule has 1 aromatic rings. The Labute approximate surface area is 72.3 Å². The summed E-state index contributed by atoms with van der Waals surface area (Å²) in [5.41, 5.74) is 1.26. The van der Waals surface area contributed by atoms with Crippen LogP contribution in [0.4, 0.5) is 0 Å². The third-order valence-electron chi connectivity index (χ3n) is 2.17. The van der Waals surface area contributed by atoms with E-state index in [0.717, 1.165) is 6.54 Å². The van der Waals surface area contributed by atoms with E-state index >= 15 is 0 Å². The van der Waals surface area contributed by atoms with Crippen molar-refractivity contribution in [3.8, 4) is 0 Å². The zero-order valence-electron chi connectivity index (χ0n) is 7.44. The van der Waals surface area contributed by atoms with Crippen LogP contribution in [0.5, 0.6) is 0 Å². The summed E-state index contributed by atoms with van der Waals surface area (Å²) in [5.74, 6) is 0. The fourth-order valence-electron chi connectivity index (χ4n) is 1.34. The predicted molar refractivity (Wildman–Crippen MR) is 48.2 cm³/mol. The van der Waals surface area contributed by atoms with Gasteiger partial charge in [-0.05, 0) is 13.8 Å². The second kappa shape index (κ2) is 2.66. The van der Waals surface area contributed by atoms with E-state index in [4.69, 9.17) is 0 Å². The lowest BCUT2D eigenvalue weighted by molar-refractivity contribution is 0.293. The van der Waals surface area contributed by atoms with Gasteiger partial charge in [-0.2, -0.15) is 0 Å². The third kappa shape index (κ3) is 1.11. The molecule has 0 amide bonds. The van der Waals surface area contributed by atoms with Gasteiger partial charge in [0.2, 0.25) is 0 Å². The Morgan fingerprint density at radius 2 is 2.25 bits per heavy atom. The summed E-state index contributed by atoms with van der Waals surface area (Å²) in [6.07, 6.45) is 7.91. The van der Waals surface area contributed by atoms with Crippen molar-refractivity contribution >= 4 is 6.20 Å². The molecular formula is C9H13N3. The van der Waals surface area contributed by atoms with Gasteiger partial charge in [-0.1, -0.05) is 0 Å². The zero-order chi connectivity index (χ0) is 8.55. The number of hydrogen-bond donors (Lipinski definition) is 0. The molecule has 12 heavy (non-hydrogen) atoms. The van der Waals surface area contributed by atoms with Crippen molar-refractivity contribution < 1.29 is 0 Å². The van der Waals surface area contributed by atoms with Gasteiger partial charge in [0, 0.05) is 18.4 Å². The van der Waals surface area contributed by atoms with Crippen molar-refractivity contribution in [2.24, 2.45) is 0 Å². The highest BCUT2D eigenvalue weighted by Crippen LogP contribution is 2.13. The molecule has 1 aliphatic rings. The fraction of sp³-hybridized carbons (Fsp3) is 0.444. The van der Waals surface area contributed by atoms with Gasteiger partial charge in [0.1, 0.15) is 0 Å². The van der Waals surface area contributed by atoms with Crippen LogP contribution in [0.25, 0.3) is 6.20 Å². The van der Waals surface area contributed by atoms with E-state index in [0.29, 0.717) is 6.04 Å². The maximum Gasteiger partial charge on any atom is 0.0990 e. The molecule has 1 aliphatic heterocycles. The first-order valence-electron chi connectivity index (χ1n) is 4.22. The molecule has 0 unspecified atom stereocenters. The molecular weight excluding hydrogens is 150 g/mol. The second-order valence-electron chi connectivity index (χ2n) is 3.36. The Balaban J connectivity index is 2.24. The molecule has 64 valence electrons. The van der Waals surface area contributed by atoms with Gasteiger partial charge in [-0.15, -0.1) is 0 Å². The highest BCUT2D eigenvalue weighted by Gasteiger charge is 2.11. The standard InChI is InChI=1S/C9H13N3/c1-8(2)11-3-4-12-7-10-5-9(12)6-11/h3-5,7-8H,6H2,1-2H3. The molecule has 0 bridgehead atoms. The van der Waals surface area contributed by atoms with Crippen LogP contribution in [0.1, 0.15) is 19.5 Å². The number of rotatable bonds is 1. The Morgan fingerprint density at radius 1 is 1.42 bits per heavy atom. The molecule has 2 heterocycles. The average molecular weight is 163 g/mol. The van der Waals surface area contributed by atoms with E-state index in [1.54, 1.807) is 0 Å². The van der Waals surface area contributed by atoms with Gasteiger partial charge in [0.25, 0.3) is 0 Å². The molecule has 0 aliphatic carbocycles. The van der Waals surface area contributed by atoms with Crippen LogP contribution in [0, 0.1) is 0 Å². The Morgan fingerprint density at radius 3 is 3.00 bits per heavy atom. The summed E-state index contributed by atoms with van der Waals surface area (Å²) in [6, 6.07) is 0.560. The molecule has 0 N–H and O–H groups in total. The number of nitrogens with zero attached hydrogens (tertiary/aromatic N) is 3. The highest BCUT2D eigenvalue weighted by atomic mass is 15.2. The summed E-state index contributed by atoms with van der Waals surface area (Å²) in [4.78, 5) is 6.37. The number of imidazole rings is 1. The van der Waals surface area contributed by atoms with E-state index < -0.39 is 0 Å². The van der Waals surface area contributed by atoms with Gasteiger partial charge < -0.3 is 9.47 Å². The number of hydrogen-bond acceptors (Lipinski definition) is 2. The first kappa shape index (κ1) is 7.40. The summed E-state index contributed by atoms with van der Waals surface area (Å²) >= 11 is 0. The molecule has 0 saturated carbocycles. The maximum atomic E-state index is 4.08. The summed E-state index contributed by atoms with van der Waals surface area (Å²) < 4.78 is 2.05. The number of fused-ring (bicyclic) bond motifs is 1. The van der Waals surface area contributed by atoms with Crippen LogP contribution in [-0.4, -0.2) is 20.5 Å². The van der Waals surface area contributed by atoms with Crippen LogP contribution < -0.4 is 0 Å². The number of aromatic nitrogens is 2. The minimum atomic E-state index is 0.560. The highest BCUT2D eigenvalue weighted by molar-refractivity contribution is 5.28. The van der Waals surface area contributed by atoms with Crippen LogP contribution in [-0.2, 0) is 6.54 Å². The quantitative estimate of drug-likeness (QED) is 0.626. The van der Waals surface area contributed by atoms with Gasteiger partial charge >= 0.3 is 0 Å². The molecule has 2 rings (SSSR count). The first-order valence-corrected chi connectivity index (χ1v) is 4.22. The van der Waals surface area contributed by atoms with E-state index in [9.17, 15) is 0 Å². The minimum Gasteiger partial charge on any atom is -0.368 e. The van der Waals surface area contributed by atoms with Crippen molar-refractivity contribution in [1.29, 1.82) is 0 Å². The zero-order valence-corrected chi connectivity index (χ0v) is 7.44. The average Bonchev–Trinajstić information content (AvgIpc) is 2.49. The molecule has 0 aromatic carbocycles. The predicted octanol–water partition coefficient (Wildman–Crippen LogP) is 1.54. The van der Waals surface area contributed by atoms with Crippen molar-refractivity contribution in [2.75, 3.05) is 0 Å². The normalized spacial score (nSPS) is 15.4. The van der Waals surface area contributed by atoms with Crippen molar-refractivity contribution in [1.82, 2.24) is 14.5 Å². The molecule has 0 spiro atoms. The van der Waals surface area contributed by atoms with Crippen LogP contribution in [0.3, 0.4) is 0 Å². The SMILES string of the molecule is CC(C)N1C=Cn2cncc2C1. The van der Waals surface area contributed by atoms with Gasteiger partial charge in [-0.3, -0.25) is 0 Å². The largest absolute Gasteiger partial charge is 0.368 e. The van der Waals surface area contributed by atoms with Gasteiger partial charge in [-0.25, -0.2) is 4.98 Å². The Hall–Kier alpha value is -1.25. The van der Waals surface area contributed by atoms with Gasteiger partial charge in [0.15, 0.2) is 0 Å². The Kier molecular flexibility index (Phi) is 1.64. The van der Waals surface area contributed by atoms with Crippen LogP contribution in [0.2, 0.25) is 0 Å². The summed E-state index contributed by atoms with van der Waals surface area (Å²) in [6.45, 7) is 5.35. The van der Waals surface area contributed by atoms with Crippen LogP contribution in [0.15, 0.2) is 18.7 Å². The minimum absolute atomic E-state index is 0.560. The van der Waals surface area contributed by atoms with E-state index in [1.807, 2.05) is 18.7 Å². The van der Waals surface area contributed by atoms with Crippen molar-refractivity contribution in [3.63, 3.8) is 0 Å². The maximum absolute atomic E-state index is 4.08. The smallest absolute Gasteiger partial charge is 0.0990 e. The molecule has 3 nitrogen and oxygen atoms in total.